The molecule has 4 saturated carbocycles. The van der Waals surface area contributed by atoms with Crippen molar-refractivity contribution in [1.29, 1.82) is 0 Å². The number of esters is 1. The van der Waals surface area contributed by atoms with E-state index in [1.165, 1.54) is 0 Å². The van der Waals surface area contributed by atoms with Crippen molar-refractivity contribution in [2.45, 2.75) is 84.2 Å². The number of carbonyl (C=O) groups excluding carboxylic acids is 4. The van der Waals surface area contributed by atoms with E-state index in [0.717, 1.165) is 25.9 Å². The first kappa shape index (κ1) is 27.9. The summed E-state index contributed by atoms with van der Waals surface area (Å²) in [7, 11) is 0. The monoisotopic (exact) mass is 531 g/mol. The van der Waals surface area contributed by atoms with Crippen LogP contribution in [-0.2, 0) is 28.7 Å². The Hall–Kier alpha value is -1.64. The van der Waals surface area contributed by atoms with Gasteiger partial charge in [-0.2, -0.15) is 0 Å². The van der Waals surface area contributed by atoms with E-state index in [0.29, 0.717) is 64.9 Å². The summed E-state index contributed by atoms with van der Waals surface area (Å²) in [5, 5.41) is 12.2. The Balaban J connectivity index is 1.23. The lowest BCUT2D eigenvalue weighted by molar-refractivity contribution is -0.221. The minimum atomic E-state index is -1.38. The molecule has 0 radical (unpaired) electrons. The molecule has 0 spiro atoms. The van der Waals surface area contributed by atoms with Gasteiger partial charge in [0.15, 0.2) is 0 Å². The summed E-state index contributed by atoms with van der Waals surface area (Å²) in [6, 6.07) is 0. The molecule has 0 unspecified atom stereocenters. The highest BCUT2D eigenvalue weighted by Crippen LogP contribution is 2.67. The number of aliphatic hydroxyl groups is 1. The average molecular weight is 532 g/mol. The third-order valence-electron chi connectivity index (χ3n) is 11.6. The van der Waals surface area contributed by atoms with Crippen LogP contribution in [0, 0.1) is 40.4 Å². The molecule has 5 aliphatic rings. The summed E-state index contributed by atoms with van der Waals surface area (Å²) in [5.41, 5.74) is -2.65. The van der Waals surface area contributed by atoms with Gasteiger partial charge in [-0.25, -0.2) is 0 Å². The van der Waals surface area contributed by atoms with Crippen LogP contribution in [0.1, 0.15) is 78.6 Å². The second-order valence-electron chi connectivity index (χ2n) is 13.3. The molecule has 1 saturated heterocycles. The van der Waals surface area contributed by atoms with Crippen molar-refractivity contribution in [3.63, 3.8) is 0 Å². The van der Waals surface area contributed by atoms with E-state index in [1.807, 2.05) is 13.8 Å². The van der Waals surface area contributed by atoms with Gasteiger partial charge in [0.2, 0.25) is 0 Å². The summed E-state index contributed by atoms with van der Waals surface area (Å²) in [6.07, 6.45) is 4.11. The van der Waals surface area contributed by atoms with Gasteiger partial charge in [-0.05, 0) is 49.4 Å². The molecule has 5 rings (SSSR count). The van der Waals surface area contributed by atoms with Crippen molar-refractivity contribution in [2.75, 3.05) is 39.5 Å². The Morgan fingerprint density at radius 3 is 2.63 bits per heavy atom. The fourth-order valence-corrected chi connectivity index (χ4v) is 9.14. The quantitative estimate of drug-likeness (QED) is 0.500. The molecule has 8 heteroatoms. The van der Waals surface area contributed by atoms with Gasteiger partial charge in [-0.3, -0.25) is 24.1 Å². The Morgan fingerprint density at radius 2 is 1.89 bits per heavy atom. The van der Waals surface area contributed by atoms with Crippen LogP contribution in [0.15, 0.2) is 0 Å². The van der Waals surface area contributed by atoms with Gasteiger partial charge in [0.25, 0.3) is 0 Å². The number of nitrogens with zero attached hydrogens (tertiary/aromatic N) is 1. The van der Waals surface area contributed by atoms with Crippen LogP contribution in [0.3, 0.4) is 0 Å². The number of hydrogen-bond acceptors (Lipinski definition) is 8. The SMILES string of the molecule is C[C@H](CCC(=O)OCCN1CCOCC1)[C@H]1CC[C@H]2[C@@H]3C(=O)C[C@@H]4CC(=O)CC[C@]4(C)[C@@]3(O)CC(=O)[C@]12C. The average Bonchev–Trinajstić information content (AvgIpc) is 3.23. The number of ether oxygens (including phenoxy) is 2. The molecule has 1 heterocycles. The van der Waals surface area contributed by atoms with E-state index in [2.05, 4.69) is 11.8 Å². The Morgan fingerprint density at radius 1 is 1.16 bits per heavy atom. The van der Waals surface area contributed by atoms with Gasteiger partial charge < -0.3 is 14.6 Å². The highest BCUT2D eigenvalue weighted by molar-refractivity contribution is 5.94. The molecule has 1 aliphatic heterocycles. The number of hydrogen-bond donors (Lipinski definition) is 1. The summed E-state index contributed by atoms with van der Waals surface area (Å²) in [5.74, 6) is -0.697. The number of morpholine rings is 1. The lowest BCUT2D eigenvalue weighted by atomic mass is 9.41. The molecular formula is C30H45NO7. The largest absolute Gasteiger partial charge is 0.464 e. The molecule has 0 bridgehead atoms. The topological polar surface area (TPSA) is 110 Å². The molecule has 1 N–H and O–H groups in total. The Kier molecular flexibility index (Phi) is 7.64. The first-order valence-electron chi connectivity index (χ1n) is 14.8. The smallest absolute Gasteiger partial charge is 0.305 e. The van der Waals surface area contributed by atoms with Crippen molar-refractivity contribution >= 4 is 23.3 Å². The normalized spacial score (nSPS) is 42.3. The van der Waals surface area contributed by atoms with Gasteiger partial charge >= 0.3 is 5.97 Å². The molecule has 212 valence electrons. The first-order valence-corrected chi connectivity index (χ1v) is 14.8. The second kappa shape index (κ2) is 10.4. The van der Waals surface area contributed by atoms with Gasteiger partial charge in [0, 0.05) is 62.6 Å². The van der Waals surface area contributed by atoms with Gasteiger partial charge in [0.05, 0.1) is 24.7 Å². The van der Waals surface area contributed by atoms with E-state index in [4.69, 9.17) is 9.47 Å². The van der Waals surface area contributed by atoms with E-state index >= 15 is 0 Å². The molecule has 0 aromatic heterocycles. The van der Waals surface area contributed by atoms with Crippen molar-refractivity contribution in [3.05, 3.63) is 0 Å². The zero-order chi connectivity index (χ0) is 27.3. The molecule has 0 aromatic rings. The van der Waals surface area contributed by atoms with Crippen LogP contribution in [-0.4, -0.2) is 78.4 Å². The molecule has 4 aliphatic carbocycles. The maximum atomic E-state index is 13.9. The third kappa shape index (κ3) is 4.48. The van der Waals surface area contributed by atoms with Crippen LogP contribution in [0.25, 0.3) is 0 Å². The van der Waals surface area contributed by atoms with Crippen LogP contribution in [0.2, 0.25) is 0 Å². The highest BCUT2D eigenvalue weighted by atomic mass is 16.5. The predicted octanol–water partition coefficient (Wildman–Crippen LogP) is 2.98. The molecule has 5 fully saturated rings. The van der Waals surface area contributed by atoms with Gasteiger partial charge in [-0.15, -0.1) is 0 Å². The van der Waals surface area contributed by atoms with Crippen LogP contribution in [0.5, 0.6) is 0 Å². The van der Waals surface area contributed by atoms with E-state index in [-0.39, 0.29) is 53.4 Å². The minimum absolute atomic E-state index is 0.00952. The number of carbonyl (C=O) groups is 4. The molecule has 8 nitrogen and oxygen atoms in total. The fraction of sp³-hybridized carbons (Fsp3) is 0.867. The first-order chi connectivity index (χ1) is 18.0. The Labute approximate surface area is 226 Å². The summed E-state index contributed by atoms with van der Waals surface area (Å²) in [6.45, 7) is 10.4. The molecule has 0 amide bonds. The number of rotatable bonds is 7. The lowest BCUT2D eigenvalue weighted by Gasteiger charge is -2.63. The van der Waals surface area contributed by atoms with Gasteiger partial charge in [-0.1, -0.05) is 20.8 Å². The van der Waals surface area contributed by atoms with E-state index < -0.39 is 22.3 Å². The molecule has 0 aromatic carbocycles. The van der Waals surface area contributed by atoms with Crippen molar-refractivity contribution in [1.82, 2.24) is 4.90 Å². The van der Waals surface area contributed by atoms with Crippen LogP contribution in [0.4, 0.5) is 0 Å². The van der Waals surface area contributed by atoms with Crippen molar-refractivity contribution in [2.24, 2.45) is 40.4 Å². The zero-order valence-corrected chi connectivity index (χ0v) is 23.3. The third-order valence-corrected chi connectivity index (χ3v) is 11.6. The zero-order valence-electron chi connectivity index (χ0n) is 23.3. The lowest BCUT2D eigenvalue weighted by Crippen LogP contribution is -2.70. The number of fused-ring (bicyclic) bond motifs is 5. The summed E-state index contributed by atoms with van der Waals surface area (Å²) >= 11 is 0. The maximum Gasteiger partial charge on any atom is 0.305 e. The number of ketones is 3. The fourth-order valence-electron chi connectivity index (χ4n) is 9.14. The highest BCUT2D eigenvalue weighted by Gasteiger charge is 2.72. The molecule has 38 heavy (non-hydrogen) atoms. The summed E-state index contributed by atoms with van der Waals surface area (Å²) in [4.78, 5) is 54.4. The van der Waals surface area contributed by atoms with Crippen LogP contribution < -0.4 is 0 Å². The predicted molar refractivity (Wildman–Crippen MR) is 139 cm³/mol. The standard InChI is InChI=1S/C30H45NO7/c1-19(4-7-26(35)38-15-12-31-10-13-37-14-11-31)22-5-6-23-27-24(33)17-20-16-21(32)8-9-28(20,2)30(27,36)18-25(34)29(22,23)3/h19-20,22-23,27,36H,4-18H2,1-3H3/t19-,20+,22-,23+,27-,28+,29-,30-/m1/s1. The Bertz CT molecular complexity index is 976. The molecular weight excluding hydrogens is 486 g/mol. The van der Waals surface area contributed by atoms with E-state index in [9.17, 15) is 24.3 Å². The van der Waals surface area contributed by atoms with Crippen molar-refractivity contribution in [3.8, 4) is 0 Å². The number of Topliss-reactive ketones (excluding diaryl/α,β-unsaturated/α-hetero) is 3. The summed E-state index contributed by atoms with van der Waals surface area (Å²) < 4.78 is 10.8. The maximum absolute atomic E-state index is 13.9. The van der Waals surface area contributed by atoms with E-state index in [1.54, 1.807) is 0 Å². The second-order valence-corrected chi connectivity index (χ2v) is 13.3. The molecule has 8 atom stereocenters. The van der Waals surface area contributed by atoms with Crippen molar-refractivity contribution < 1.29 is 33.8 Å². The van der Waals surface area contributed by atoms with Gasteiger partial charge in [0.1, 0.15) is 24.0 Å². The minimum Gasteiger partial charge on any atom is -0.464 e. The van der Waals surface area contributed by atoms with Crippen LogP contribution >= 0.6 is 0 Å².